The van der Waals surface area contributed by atoms with Crippen LogP contribution in [-0.2, 0) is 14.3 Å². The first kappa shape index (κ1) is 19.0. The fourth-order valence-electron chi connectivity index (χ4n) is 1.59. The Morgan fingerprint density at radius 2 is 1.70 bits per heavy atom. The SMILES string of the molecule is CCCCCCCCOC(=O)C(C)NC(=O)OCCCl. The van der Waals surface area contributed by atoms with Crippen molar-refractivity contribution in [3.63, 3.8) is 0 Å². The molecule has 0 bridgehead atoms. The van der Waals surface area contributed by atoms with E-state index in [-0.39, 0.29) is 12.5 Å². The van der Waals surface area contributed by atoms with E-state index in [0.717, 1.165) is 12.8 Å². The van der Waals surface area contributed by atoms with Crippen molar-refractivity contribution in [1.82, 2.24) is 5.32 Å². The largest absolute Gasteiger partial charge is 0.464 e. The van der Waals surface area contributed by atoms with Crippen LogP contribution in [0.1, 0.15) is 52.4 Å². The molecule has 1 atom stereocenters. The van der Waals surface area contributed by atoms with Gasteiger partial charge in [0.05, 0.1) is 12.5 Å². The number of esters is 1. The van der Waals surface area contributed by atoms with E-state index in [4.69, 9.17) is 21.1 Å². The zero-order valence-corrected chi connectivity index (χ0v) is 13.2. The molecule has 20 heavy (non-hydrogen) atoms. The Kier molecular flexibility index (Phi) is 12.4. The van der Waals surface area contributed by atoms with Crippen molar-refractivity contribution in [2.75, 3.05) is 19.1 Å². The van der Waals surface area contributed by atoms with E-state index in [1.165, 1.54) is 25.7 Å². The summed E-state index contributed by atoms with van der Waals surface area (Å²) >= 11 is 5.38. The predicted octanol–water partition coefficient (Wildman–Crippen LogP) is 3.24. The number of hydrogen-bond acceptors (Lipinski definition) is 4. The van der Waals surface area contributed by atoms with Crippen molar-refractivity contribution in [2.24, 2.45) is 0 Å². The first-order chi connectivity index (χ1) is 9.61. The van der Waals surface area contributed by atoms with Crippen molar-refractivity contribution in [1.29, 1.82) is 0 Å². The highest BCUT2D eigenvalue weighted by Crippen LogP contribution is 2.05. The summed E-state index contributed by atoms with van der Waals surface area (Å²) in [6, 6.07) is -0.710. The molecule has 1 N–H and O–H groups in total. The normalized spacial score (nSPS) is 11.8. The van der Waals surface area contributed by atoms with Gasteiger partial charge in [-0.3, -0.25) is 0 Å². The molecule has 0 aliphatic heterocycles. The van der Waals surface area contributed by atoms with Gasteiger partial charge in [-0.15, -0.1) is 11.6 Å². The van der Waals surface area contributed by atoms with Gasteiger partial charge in [0.15, 0.2) is 0 Å². The van der Waals surface area contributed by atoms with Gasteiger partial charge in [-0.25, -0.2) is 9.59 Å². The molecule has 6 heteroatoms. The number of amides is 1. The summed E-state index contributed by atoms with van der Waals surface area (Å²) in [5, 5.41) is 2.39. The summed E-state index contributed by atoms with van der Waals surface area (Å²) in [4.78, 5) is 22.8. The van der Waals surface area contributed by atoms with Crippen molar-refractivity contribution >= 4 is 23.7 Å². The lowest BCUT2D eigenvalue weighted by Gasteiger charge is -2.13. The Morgan fingerprint density at radius 3 is 2.35 bits per heavy atom. The van der Waals surface area contributed by atoms with E-state index < -0.39 is 18.1 Å². The Bertz CT molecular complexity index is 274. The van der Waals surface area contributed by atoms with Crippen LogP contribution in [0, 0.1) is 0 Å². The van der Waals surface area contributed by atoms with E-state index in [1.54, 1.807) is 6.92 Å². The topological polar surface area (TPSA) is 64.6 Å². The monoisotopic (exact) mass is 307 g/mol. The number of nitrogens with one attached hydrogen (secondary N) is 1. The average Bonchev–Trinajstić information content (AvgIpc) is 2.43. The van der Waals surface area contributed by atoms with Crippen LogP contribution >= 0.6 is 11.6 Å². The third kappa shape index (κ3) is 10.9. The van der Waals surface area contributed by atoms with E-state index in [2.05, 4.69) is 12.2 Å². The number of alkyl carbamates (subject to hydrolysis) is 1. The third-order valence-corrected chi connectivity index (χ3v) is 2.89. The van der Waals surface area contributed by atoms with Crippen molar-refractivity contribution in [2.45, 2.75) is 58.4 Å². The van der Waals surface area contributed by atoms with E-state index >= 15 is 0 Å². The van der Waals surface area contributed by atoms with Crippen LogP contribution in [0.5, 0.6) is 0 Å². The molecule has 0 aliphatic carbocycles. The lowest BCUT2D eigenvalue weighted by Crippen LogP contribution is -2.40. The smallest absolute Gasteiger partial charge is 0.407 e. The van der Waals surface area contributed by atoms with Crippen molar-refractivity contribution in [3.05, 3.63) is 0 Å². The first-order valence-electron chi connectivity index (χ1n) is 7.27. The van der Waals surface area contributed by atoms with Crippen LogP contribution in [0.4, 0.5) is 4.79 Å². The minimum atomic E-state index is -0.710. The predicted molar refractivity (Wildman–Crippen MR) is 79.0 cm³/mol. The minimum absolute atomic E-state index is 0.118. The molecule has 0 saturated carbocycles. The van der Waals surface area contributed by atoms with Crippen LogP contribution in [-0.4, -0.2) is 37.2 Å². The number of rotatable bonds is 11. The Hall–Kier alpha value is -0.970. The fraction of sp³-hybridized carbons (Fsp3) is 0.857. The second kappa shape index (κ2) is 13.0. The Balaban J connectivity index is 3.57. The van der Waals surface area contributed by atoms with Crippen LogP contribution in [0.25, 0.3) is 0 Å². The molecular weight excluding hydrogens is 282 g/mol. The molecule has 1 amide bonds. The van der Waals surface area contributed by atoms with Gasteiger partial charge in [0.1, 0.15) is 12.6 Å². The molecule has 0 saturated heterocycles. The van der Waals surface area contributed by atoms with E-state index in [0.29, 0.717) is 6.61 Å². The molecule has 0 aliphatic rings. The number of ether oxygens (including phenoxy) is 2. The van der Waals surface area contributed by atoms with Gasteiger partial charge in [0.25, 0.3) is 0 Å². The van der Waals surface area contributed by atoms with Crippen LogP contribution in [0.15, 0.2) is 0 Å². The van der Waals surface area contributed by atoms with Gasteiger partial charge in [-0.1, -0.05) is 39.0 Å². The molecule has 0 radical (unpaired) electrons. The number of carbonyl (C=O) groups excluding carboxylic acids is 2. The van der Waals surface area contributed by atoms with Crippen molar-refractivity contribution in [3.8, 4) is 0 Å². The number of carbonyl (C=O) groups is 2. The van der Waals surface area contributed by atoms with Crippen LogP contribution in [0.3, 0.4) is 0 Å². The molecule has 0 fully saturated rings. The standard InChI is InChI=1S/C14H26ClNO4/c1-3-4-5-6-7-8-10-19-13(17)12(2)16-14(18)20-11-9-15/h12H,3-11H2,1-2H3,(H,16,18). The highest BCUT2D eigenvalue weighted by molar-refractivity contribution is 6.18. The second-order valence-electron chi connectivity index (χ2n) is 4.63. The third-order valence-electron chi connectivity index (χ3n) is 2.74. The van der Waals surface area contributed by atoms with Gasteiger partial charge >= 0.3 is 12.1 Å². The zero-order chi connectivity index (χ0) is 15.2. The first-order valence-corrected chi connectivity index (χ1v) is 7.81. The summed E-state index contributed by atoms with van der Waals surface area (Å²) in [6.45, 7) is 4.25. The second-order valence-corrected chi connectivity index (χ2v) is 5.00. The van der Waals surface area contributed by atoms with E-state index in [1.807, 2.05) is 0 Å². The van der Waals surface area contributed by atoms with Gasteiger partial charge in [-0.05, 0) is 13.3 Å². The fourth-order valence-corrected chi connectivity index (χ4v) is 1.67. The van der Waals surface area contributed by atoms with Crippen LogP contribution in [0.2, 0.25) is 0 Å². The Labute approximate surface area is 126 Å². The maximum atomic E-state index is 11.6. The lowest BCUT2D eigenvalue weighted by atomic mass is 10.1. The molecule has 0 aromatic carbocycles. The summed E-state index contributed by atoms with van der Waals surface area (Å²) in [7, 11) is 0. The number of unbranched alkanes of at least 4 members (excludes halogenated alkanes) is 5. The summed E-state index contributed by atoms with van der Waals surface area (Å²) in [6.07, 6.45) is 6.14. The van der Waals surface area contributed by atoms with Gasteiger partial charge in [0.2, 0.25) is 0 Å². The van der Waals surface area contributed by atoms with Gasteiger partial charge in [0, 0.05) is 0 Å². The molecule has 0 spiro atoms. The van der Waals surface area contributed by atoms with Gasteiger partial charge < -0.3 is 14.8 Å². The molecule has 0 aromatic rings. The molecule has 1 unspecified atom stereocenters. The summed E-state index contributed by atoms with van der Waals surface area (Å²) in [5.41, 5.74) is 0. The number of halogens is 1. The van der Waals surface area contributed by atoms with Crippen LogP contribution < -0.4 is 5.32 Å². The summed E-state index contributed by atoms with van der Waals surface area (Å²) in [5.74, 6) is -0.217. The Morgan fingerprint density at radius 1 is 1.05 bits per heavy atom. The van der Waals surface area contributed by atoms with Gasteiger partial charge in [-0.2, -0.15) is 0 Å². The zero-order valence-electron chi connectivity index (χ0n) is 12.5. The molecule has 5 nitrogen and oxygen atoms in total. The van der Waals surface area contributed by atoms with E-state index in [9.17, 15) is 9.59 Å². The maximum absolute atomic E-state index is 11.6. The highest BCUT2D eigenvalue weighted by Gasteiger charge is 2.17. The highest BCUT2D eigenvalue weighted by atomic mass is 35.5. The molecule has 0 rings (SSSR count). The number of hydrogen-bond donors (Lipinski definition) is 1. The molecule has 0 aromatic heterocycles. The maximum Gasteiger partial charge on any atom is 0.407 e. The lowest BCUT2D eigenvalue weighted by molar-refractivity contribution is -0.145. The molecule has 0 heterocycles. The molecule has 118 valence electrons. The summed E-state index contributed by atoms with van der Waals surface area (Å²) < 4.78 is 9.78. The molecular formula is C14H26ClNO4. The average molecular weight is 308 g/mol. The minimum Gasteiger partial charge on any atom is -0.464 e. The van der Waals surface area contributed by atoms with Crippen molar-refractivity contribution < 1.29 is 19.1 Å². The quantitative estimate of drug-likeness (QED) is 0.361. The number of alkyl halides is 1.